The van der Waals surface area contributed by atoms with E-state index in [2.05, 4.69) is 15.5 Å². The molecule has 0 radical (unpaired) electrons. The van der Waals surface area contributed by atoms with Crippen molar-refractivity contribution in [3.63, 3.8) is 0 Å². The van der Waals surface area contributed by atoms with Gasteiger partial charge >= 0.3 is 0 Å². The van der Waals surface area contributed by atoms with Gasteiger partial charge in [-0.1, -0.05) is 0 Å². The van der Waals surface area contributed by atoms with Gasteiger partial charge in [-0.25, -0.2) is 4.39 Å². The Morgan fingerprint density at radius 3 is 3.06 bits per heavy atom. The largest absolute Gasteiger partial charge is 0.308 e. The van der Waals surface area contributed by atoms with E-state index >= 15 is 0 Å². The molecule has 3 rings (SSSR count). The standard InChI is InChI=1S/C11H10FN3O/c12-7-3-4-9-8(5-7)10(15-14-9)13-11(16)6-1-2-6/h3-6H,1-2H2,(H2,13,14,15,16). The monoisotopic (exact) mass is 219 g/mol. The highest BCUT2D eigenvalue weighted by Gasteiger charge is 2.30. The van der Waals surface area contributed by atoms with Crippen LogP contribution in [0.1, 0.15) is 12.8 Å². The molecule has 1 aromatic heterocycles. The van der Waals surface area contributed by atoms with Crippen molar-refractivity contribution in [1.29, 1.82) is 0 Å². The molecule has 2 N–H and O–H groups in total. The average molecular weight is 219 g/mol. The molecular formula is C11H10FN3O. The SMILES string of the molecule is O=C(Nc1n[nH]c2ccc(F)cc12)C1CC1. The lowest BCUT2D eigenvalue weighted by Crippen LogP contribution is -2.13. The van der Waals surface area contributed by atoms with Crippen LogP contribution in [0.3, 0.4) is 0 Å². The van der Waals surface area contributed by atoms with Gasteiger partial charge in [0.1, 0.15) is 5.82 Å². The number of halogens is 1. The second-order valence-electron chi connectivity index (χ2n) is 4.03. The Morgan fingerprint density at radius 2 is 2.31 bits per heavy atom. The molecule has 1 heterocycles. The van der Waals surface area contributed by atoms with Crippen LogP contribution in [-0.4, -0.2) is 16.1 Å². The van der Waals surface area contributed by atoms with Gasteiger partial charge in [-0.3, -0.25) is 9.89 Å². The molecular weight excluding hydrogens is 209 g/mol. The van der Waals surface area contributed by atoms with E-state index in [1.165, 1.54) is 12.1 Å². The molecule has 4 nitrogen and oxygen atoms in total. The van der Waals surface area contributed by atoms with Crippen molar-refractivity contribution in [2.45, 2.75) is 12.8 Å². The van der Waals surface area contributed by atoms with E-state index in [1.807, 2.05) is 0 Å². The van der Waals surface area contributed by atoms with Gasteiger partial charge < -0.3 is 5.32 Å². The van der Waals surface area contributed by atoms with Crippen LogP contribution in [0.5, 0.6) is 0 Å². The summed E-state index contributed by atoms with van der Waals surface area (Å²) in [4.78, 5) is 11.5. The number of carbonyl (C=O) groups is 1. The number of hydrogen-bond donors (Lipinski definition) is 2. The lowest BCUT2D eigenvalue weighted by molar-refractivity contribution is -0.117. The zero-order chi connectivity index (χ0) is 11.1. The third kappa shape index (κ3) is 1.54. The van der Waals surface area contributed by atoms with Crippen molar-refractivity contribution in [3.05, 3.63) is 24.0 Å². The second kappa shape index (κ2) is 3.30. The molecule has 0 atom stereocenters. The number of rotatable bonds is 2. The summed E-state index contributed by atoms with van der Waals surface area (Å²) in [5.41, 5.74) is 0.715. The van der Waals surface area contributed by atoms with Crippen molar-refractivity contribution >= 4 is 22.6 Å². The van der Waals surface area contributed by atoms with Gasteiger partial charge in [0, 0.05) is 11.3 Å². The molecule has 0 unspecified atom stereocenters. The van der Waals surface area contributed by atoms with Crippen LogP contribution in [0.2, 0.25) is 0 Å². The summed E-state index contributed by atoms with van der Waals surface area (Å²) in [6, 6.07) is 4.32. The minimum Gasteiger partial charge on any atom is -0.308 e. The van der Waals surface area contributed by atoms with E-state index in [0.717, 1.165) is 12.8 Å². The summed E-state index contributed by atoms with van der Waals surface area (Å²) in [7, 11) is 0. The van der Waals surface area contributed by atoms with Gasteiger partial charge in [-0.15, -0.1) is 0 Å². The van der Waals surface area contributed by atoms with Crippen LogP contribution in [0.25, 0.3) is 10.9 Å². The number of nitrogens with one attached hydrogen (secondary N) is 2. The molecule has 5 heteroatoms. The van der Waals surface area contributed by atoms with Crippen LogP contribution >= 0.6 is 0 Å². The summed E-state index contributed by atoms with van der Waals surface area (Å²) in [6.07, 6.45) is 1.87. The maximum Gasteiger partial charge on any atom is 0.228 e. The molecule has 1 aliphatic rings. The average Bonchev–Trinajstić information content (AvgIpc) is 3.04. The van der Waals surface area contributed by atoms with Gasteiger partial charge in [0.05, 0.1) is 5.52 Å². The van der Waals surface area contributed by atoms with Crippen molar-refractivity contribution in [2.75, 3.05) is 5.32 Å². The van der Waals surface area contributed by atoms with Gasteiger partial charge in [-0.05, 0) is 31.0 Å². The van der Waals surface area contributed by atoms with Crippen LogP contribution in [0, 0.1) is 11.7 Å². The summed E-state index contributed by atoms with van der Waals surface area (Å²) in [6.45, 7) is 0. The molecule has 0 spiro atoms. The number of nitrogens with zero attached hydrogens (tertiary/aromatic N) is 1. The fourth-order valence-corrected chi connectivity index (χ4v) is 1.65. The van der Waals surface area contributed by atoms with Crippen molar-refractivity contribution in [2.24, 2.45) is 5.92 Å². The molecule has 1 aliphatic carbocycles. The van der Waals surface area contributed by atoms with Crippen LogP contribution < -0.4 is 5.32 Å². The molecule has 1 saturated carbocycles. The summed E-state index contributed by atoms with van der Waals surface area (Å²) in [5, 5.41) is 10.0. The highest BCUT2D eigenvalue weighted by molar-refractivity contribution is 6.01. The minimum atomic E-state index is -0.337. The Morgan fingerprint density at radius 1 is 1.50 bits per heavy atom. The third-order valence-electron chi connectivity index (χ3n) is 2.71. The van der Waals surface area contributed by atoms with Crippen LogP contribution in [0.4, 0.5) is 10.2 Å². The third-order valence-corrected chi connectivity index (χ3v) is 2.71. The number of hydrogen-bond acceptors (Lipinski definition) is 2. The van der Waals surface area contributed by atoms with Gasteiger partial charge in [0.25, 0.3) is 0 Å². The number of anilines is 1. The number of fused-ring (bicyclic) bond motifs is 1. The smallest absolute Gasteiger partial charge is 0.228 e. The summed E-state index contributed by atoms with van der Waals surface area (Å²) >= 11 is 0. The van der Waals surface area contributed by atoms with Crippen molar-refractivity contribution in [1.82, 2.24) is 10.2 Å². The predicted octanol–water partition coefficient (Wildman–Crippen LogP) is 2.05. The number of carbonyl (C=O) groups excluding carboxylic acids is 1. The first-order valence-electron chi connectivity index (χ1n) is 5.18. The molecule has 1 aromatic carbocycles. The Balaban J connectivity index is 1.96. The van der Waals surface area contributed by atoms with Gasteiger partial charge in [-0.2, -0.15) is 5.10 Å². The zero-order valence-electron chi connectivity index (χ0n) is 8.46. The second-order valence-corrected chi connectivity index (χ2v) is 4.03. The normalized spacial score (nSPS) is 15.3. The molecule has 16 heavy (non-hydrogen) atoms. The van der Waals surface area contributed by atoms with Gasteiger partial charge in [0.2, 0.25) is 5.91 Å². The van der Waals surface area contributed by atoms with Crippen molar-refractivity contribution in [3.8, 4) is 0 Å². The molecule has 82 valence electrons. The quantitative estimate of drug-likeness (QED) is 0.812. The predicted molar refractivity (Wildman–Crippen MR) is 57.4 cm³/mol. The minimum absolute atomic E-state index is 0.0299. The number of H-pyrrole nitrogens is 1. The Bertz CT molecular complexity index is 559. The van der Waals surface area contributed by atoms with E-state index in [4.69, 9.17) is 0 Å². The first-order valence-corrected chi connectivity index (χ1v) is 5.18. The number of aromatic amines is 1. The number of aromatic nitrogens is 2. The molecule has 0 bridgehead atoms. The highest BCUT2D eigenvalue weighted by atomic mass is 19.1. The fraction of sp³-hybridized carbons (Fsp3) is 0.273. The fourth-order valence-electron chi connectivity index (χ4n) is 1.65. The molecule has 0 saturated heterocycles. The molecule has 2 aromatic rings. The summed E-state index contributed by atoms with van der Waals surface area (Å²) < 4.78 is 13.0. The number of benzene rings is 1. The van der Waals surface area contributed by atoms with E-state index in [-0.39, 0.29) is 17.6 Å². The van der Waals surface area contributed by atoms with Crippen LogP contribution in [0.15, 0.2) is 18.2 Å². The summed E-state index contributed by atoms with van der Waals surface area (Å²) in [5.74, 6) is 0.153. The van der Waals surface area contributed by atoms with Crippen molar-refractivity contribution < 1.29 is 9.18 Å². The Kier molecular flexibility index (Phi) is 1.92. The molecule has 1 fully saturated rings. The molecule has 1 amide bonds. The topological polar surface area (TPSA) is 57.8 Å². The zero-order valence-corrected chi connectivity index (χ0v) is 8.46. The van der Waals surface area contributed by atoms with E-state index in [0.29, 0.717) is 16.7 Å². The maximum absolute atomic E-state index is 13.0. The van der Waals surface area contributed by atoms with Gasteiger partial charge in [0.15, 0.2) is 5.82 Å². The first kappa shape index (κ1) is 9.33. The number of amides is 1. The Hall–Kier alpha value is -1.91. The highest BCUT2D eigenvalue weighted by Crippen LogP contribution is 2.31. The maximum atomic E-state index is 13.0. The first-order chi connectivity index (χ1) is 7.74. The molecule has 0 aliphatic heterocycles. The lowest BCUT2D eigenvalue weighted by atomic mass is 10.2. The van der Waals surface area contributed by atoms with E-state index in [9.17, 15) is 9.18 Å². The lowest BCUT2D eigenvalue weighted by Gasteiger charge is -1.99. The Labute approximate surface area is 90.8 Å². The van der Waals surface area contributed by atoms with Crippen LogP contribution in [-0.2, 0) is 4.79 Å². The van der Waals surface area contributed by atoms with E-state index < -0.39 is 0 Å². The van der Waals surface area contributed by atoms with E-state index in [1.54, 1.807) is 6.07 Å².